The van der Waals surface area contributed by atoms with Gasteiger partial charge in [-0.25, -0.2) is 8.42 Å². The molecule has 3 rings (SSSR count). The van der Waals surface area contributed by atoms with Crippen LogP contribution >= 0.6 is 31.9 Å². The summed E-state index contributed by atoms with van der Waals surface area (Å²) in [7, 11) is -3.59. The number of rotatable bonds is 16. The summed E-state index contributed by atoms with van der Waals surface area (Å²) in [5.41, 5.74) is 1.36. The van der Waals surface area contributed by atoms with Crippen LogP contribution in [0.25, 0.3) is 11.1 Å². The predicted octanol–water partition coefficient (Wildman–Crippen LogP) is 9.50. The summed E-state index contributed by atoms with van der Waals surface area (Å²) in [6.07, 6.45) is 14.3. The Bertz CT molecular complexity index is 1000. The van der Waals surface area contributed by atoms with Gasteiger partial charge in [0.1, 0.15) is 11.5 Å². The molecule has 4 nitrogen and oxygen atoms in total. The number of hydrogen-bond donors (Lipinski definition) is 0. The summed E-state index contributed by atoms with van der Waals surface area (Å²) < 4.78 is 39.9. The summed E-state index contributed by atoms with van der Waals surface area (Å²) in [4.78, 5) is 0.623. The second-order valence-electron chi connectivity index (χ2n) is 9.29. The standard InChI is InChI=1S/C28H38Br2O4S/c1-3-5-7-9-11-13-15-33-25-17-21-22-18-26(34-16-14-12-10-8-6-4-2)24(30)20-28(22)35(31,32)27(21)19-23(25)29/h17-20H,3-16H2,1-2H3. The van der Waals surface area contributed by atoms with Crippen LogP contribution in [0.1, 0.15) is 90.9 Å². The summed E-state index contributed by atoms with van der Waals surface area (Å²) in [6.45, 7) is 5.68. The van der Waals surface area contributed by atoms with E-state index in [0.29, 0.717) is 54.6 Å². The number of fused-ring (bicyclic) bond motifs is 3. The van der Waals surface area contributed by atoms with E-state index in [-0.39, 0.29) is 0 Å². The topological polar surface area (TPSA) is 52.6 Å². The van der Waals surface area contributed by atoms with Gasteiger partial charge in [-0.2, -0.15) is 0 Å². The van der Waals surface area contributed by atoms with Crippen molar-refractivity contribution in [2.45, 2.75) is 101 Å². The quantitative estimate of drug-likeness (QED) is 0.148. The molecule has 0 aliphatic carbocycles. The molecule has 0 saturated carbocycles. The number of sulfone groups is 1. The fourth-order valence-electron chi connectivity index (χ4n) is 4.40. The van der Waals surface area contributed by atoms with Crippen molar-refractivity contribution in [3.05, 3.63) is 33.2 Å². The molecular weight excluding hydrogens is 592 g/mol. The molecule has 194 valence electrons. The number of ether oxygens (including phenoxy) is 2. The van der Waals surface area contributed by atoms with E-state index in [1.165, 1.54) is 51.4 Å². The molecule has 2 aromatic rings. The highest BCUT2D eigenvalue weighted by atomic mass is 79.9. The Hall–Kier alpha value is -1.05. The molecule has 0 spiro atoms. The summed E-state index contributed by atoms with van der Waals surface area (Å²) in [6, 6.07) is 7.05. The van der Waals surface area contributed by atoms with Gasteiger partial charge in [0.15, 0.2) is 0 Å². The molecule has 0 atom stereocenters. The van der Waals surface area contributed by atoms with Gasteiger partial charge in [-0.3, -0.25) is 0 Å². The van der Waals surface area contributed by atoms with Crippen LogP contribution in [0.5, 0.6) is 11.5 Å². The highest BCUT2D eigenvalue weighted by Crippen LogP contribution is 2.49. The average molecular weight is 630 g/mol. The predicted molar refractivity (Wildman–Crippen MR) is 150 cm³/mol. The lowest BCUT2D eigenvalue weighted by Crippen LogP contribution is -2.00. The molecule has 0 radical (unpaired) electrons. The minimum atomic E-state index is -3.59. The molecule has 1 aliphatic rings. The fourth-order valence-corrected chi connectivity index (χ4v) is 7.32. The monoisotopic (exact) mass is 628 g/mol. The first-order valence-electron chi connectivity index (χ1n) is 13.1. The van der Waals surface area contributed by atoms with Gasteiger partial charge in [0.25, 0.3) is 0 Å². The van der Waals surface area contributed by atoms with Gasteiger partial charge < -0.3 is 9.47 Å². The number of halogens is 2. The maximum Gasteiger partial charge on any atom is 0.207 e. The lowest BCUT2D eigenvalue weighted by Gasteiger charge is -2.12. The molecule has 0 bridgehead atoms. The average Bonchev–Trinajstić information content (AvgIpc) is 3.03. The second-order valence-corrected chi connectivity index (χ2v) is 12.9. The Morgan fingerprint density at radius 1 is 0.600 bits per heavy atom. The molecule has 0 N–H and O–H groups in total. The van der Waals surface area contributed by atoms with Crippen LogP contribution < -0.4 is 9.47 Å². The SMILES string of the molecule is CCCCCCCCOc1cc2c(cc1Br)S(=O)(=O)c1cc(Br)c(OCCCCCCCC)cc1-2. The first-order valence-corrected chi connectivity index (χ1v) is 16.1. The molecule has 0 fully saturated rings. The number of hydrogen-bond acceptors (Lipinski definition) is 4. The van der Waals surface area contributed by atoms with E-state index in [1.807, 2.05) is 12.1 Å². The largest absolute Gasteiger partial charge is 0.492 e. The molecule has 0 amide bonds. The van der Waals surface area contributed by atoms with Crippen molar-refractivity contribution in [1.29, 1.82) is 0 Å². The van der Waals surface area contributed by atoms with Crippen LogP contribution in [0.15, 0.2) is 43.0 Å². The van der Waals surface area contributed by atoms with Crippen LogP contribution in [0.4, 0.5) is 0 Å². The maximum absolute atomic E-state index is 13.3. The minimum Gasteiger partial charge on any atom is -0.492 e. The second kappa shape index (κ2) is 14.0. The number of benzene rings is 2. The fraction of sp³-hybridized carbons (Fsp3) is 0.571. The highest BCUT2D eigenvalue weighted by Gasteiger charge is 2.35. The third-order valence-electron chi connectivity index (χ3n) is 6.45. The lowest BCUT2D eigenvalue weighted by atomic mass is 10.1. The van der Waals surface area contributed by atoms with Crippen molar-refractivity contribution in [2.24, 2.45) is 0 Å². The van der Waals surface area contributed by atoms with Crippen LogP contribution in [-0.2, 0) is 9.84 Å². The number of unbranched alkanes of at least 4 members (excludes halogenated alkanes) is 10. The van der Waals surface area contributed by atoms with Crippen LogP contribution in [0.2, 0.25) is 0 Å². The van der Waals surface area contributed by atoms with Gasteiger partial charge in [-0.1, -0.05) is 78.1 Å². The Kier molecular flexibility index (Phi) is 11.4. The van der Waals surface area contributed by atoms with E-state index in [4.69, 9.17) is 9.47 Å². The van der Waals surface area contributed by atoms with E-state index in [1.54, 1.807) is 12.1 Å². The first-order chi connectivity index (χ1) is 16.9. The van der Waals surface area contributed by atoms with Gasteiger partial charge in [-0.15, -0.1) is 0 Å². The Labute approximate surface area is 228 Å². The third-order valence-corrected chi connectivity index (χ3v) is 9.52. The van der Waals surface area contributed by atoms with E-state index in [9.17, 15) is 8.42 Å². The first kappa shape index (κ1) is 28.5. The molecule has 0 aromatic heterocycles. The smallest absolute Gasteiger partial charge is 0.207 e. The normalized spacial score (nSPS) is 13.5. The van der Waals surface area contributed by atoms with Crippen LogP contribution in [-0.4, -0.2) is 21.6 Å². The lowest BCUT2D eigenvalue weighted by molar-refractivity contribution is 0.302. The third kappa shape index (κ3) is 7.48. The Morgan fingerprint density at radius 2 is 0.971 bits per heavy atom. The summed E-state index contributed by atoms with van der Waals surface area (Å²) in [5, 5.41) is 0. The van der Waals surface area contributed by atoms with Crippen molar-refractivity contribution in [3.8, 4) is 22.6 Å². The van der Waals surface area contributed by atoms with Gasteiger partial charge >= 0.3 is 0 Å². The molecular formula is C28H38Br2O4S. The summed E-state index contributed by atoms with van der Waals surface area (Å²) in [5.74, 6) is 1.36. The van der Waals surface area contributed by atoms with Crippen LogP contribution in [0.3, 0.4) is 0 Å². The van der Waals surface area contributed by atoms with Crippen molar-refractivity contribution < 1.29 is 17.9 Å². The van der Waals surface area contributed by atoms with Gasteiger partial charge in [0.2, 0.25) is 9.84 Å². The molecule has 1 aliphatic heterocycles. The van der Waals surface area contributed by atoms with Crippen molar-refractivity contribution in [1.82, 2.24) is 0 Å². The van der Waals surface area contributed by atoms with E-state index >= 15 is 0 Å². The zero-order valence-electron chi connectivity index (χ0n) is 21.0. The van der Waals surface area contributed by atoms with Crippen molar-refractivity contribution >= 4 is 41.7 Å². The Morgan fingerprint density at radius 3 is 1.37 bits per heavy atom. The van der Waals surface area contributed by atoms with E-state index in [0.717, 1.165) is 25.7 Å². The molecule has 2 aromatic carbocycles. The molecule has 35 heavy (non-hydrogen) atoms. The highest BCUT2D eigenvalue weighted by molar-refractivity contribution is 9.11. The minimum absolute atomic E-state index is 0.311. The zero-order chi connectivity index (χ0) is 25.3. The van der Waals surface area contributed by atoms with Gasteiger partial charge in [-0.05, 0) is 69.0 Å². The van der Waals surface area contributed by atoms with Crippen molar-refractivity contribution in [2.75, 3.05) is 13.2 Å². The summed E-state index contributed by atoms with van der Waals surface area (Å²) >= 11 is 7.04. The molecule has 0 unspecified atom stereocenters. The van der Waals surface area contributed by atoms with E-state index in [2.05, 4.69) is 45.7 Å². The molecule has 7 heteroatoms. The molecule has 0 saturated heterocycles. The maximum atomic E-state index is 13.3. The zero-order valence-corrected chi connectivity index (χ0v) is 25.0. The van der Waals surface area contributed by atoms with Gasteiger partial charge in [0.05, 0.1) is 32.0 Å². The molecule has 1 heterocycles. The van der Waals surface area contributed by atoms with E-state index < -0.39 is 9.84 Å². The van der Waals surface area contributed by atoms with Gasteiger partial charge in [0, 0.05) is 11.1 Å². The Balaban J connectivity index is 1.70. The van der Waals surface area contributed by atoms with Crippen LogP contribution in [0, 0.1) is 0 Å². The van der Waals surface area contributed by atoms with Crippen molar-refractivity contribution in [3.63, 3.8) is 0 Å².